The fraction of sp³-hybridized carbons (Fsp3) is 0.500. The van der Waals surface area contributed by atoms with Gasteiger partial charge < -0.3 is 10.8 Å². The number of carbonyl (C=O) groups excluding carboxylic acids is 1. The van der Waals surface area contributed by atoms with Gasteiger partial charge in [0.2, 0.25) is 21.1 Å². The van der Waals surface area contributed by atoms with Crippen LogP contribution < -0.4 is 10.9 Å². The molecule has 1 aromatic heterocycles. The van der Waals surface area contributed by atoms with Crippen LogP contribution in [0.15, 0.2) is 16.4 Å². The fourth-order valence-corrected chi connectivity index (χ4v) is 5.30. The highest BCUT2D eigenvalue weighted by molar-refractivity contribution is 8.01. The molecular formula is C10H13N7O5S3. The third-order valence-corrected chi connectivity index (χ3v) is 6.48. The van der Waals surface area contributed by atoms with E-state index in [0.717, 1.165) is 16.4 Å². The van der Waals surface area contributed by atoms with E-state index < -0.39 is 33.8 Å². The number of thioether (sulfide) groups is 2. The molecule has 1 fully saturated rings. The Morgan fingerprint density at radius 2 is 2.20 bits per heavy atom. The van der Waals surface area contributed by atoms with E-state index >= 15 is 0 Å². The van der Waals surface area contributed by atoms with Crippen molar-refractivity contribution in [1.29, 1.82) is 0 Å². The van der Waals surface area contributed by atoms with Crippen molar-refractivity contribution >= 4 is 45.4 Å². The Balaban J connectivity index is 1.79. The smallest absolute Gasteiger partial charge is 0.352 e. The number of amides is 1. The molecule has 2 aliphatic heterocycles. The number of nitrogens with two attached hydrogens (primary N) is 2. The van der Waals surface area contributed by atoms with Crippen molar-refractivity contribution in [2.24, 2.45) is 10.9 Å². The molecule has 2 atom stereocenters. The molecule has 12 nitrogen and oxygen atoms in total. The molecule has 2 unspecified atom stereocenters. The summed E-state index contributed by atoms with van der Waals surface area (Å²) >= 11 is 2.43. The van der Waals surface area contributed by atoms with E-state index in [1.807, 2.05) is 0 Å². The van der Waals surface area contributed by atoms with E-state index in [0.29, 0.717) is 11.3 Å². The largest absolute Gasteiger partial charge is 0.477 e. The maximum Gasteiger partial charge on any atom is 0.352 e. The molecule has 2 aliphatic rings. The number of β-lactam (4-membered cyclic amide) rings is 1. The van der Waals surface area contributed by atoms with Crippen LogP contribution in [0.5, 0.6) is 0 Å². The maximum absolute atomic E-state index is 11.9. The van der Waals surface area contributed by atoms with Crippen LogP contribution in [0, 0.1) is 0 Å². The number of sulfonamides is 1. The van der Waals surface area contributed by atoms with Gasteiger partial charge in [0.15, 0.2) is 5.88 Å². The molecule has 136 valence electrons. The number of aromatic nitrogens is 4. The van der Waals surface area contributed by atoms with E-state index in [4.69, 9.17) is 10.9 Å². The van der Waals surface area contributed by atoms with Crippen molar-refractivity contribution in [3.63, 3.8) is 0 Å². The van der Waals surface area contributed by atoms with Crippen molar-refractivity contribution < 1.29 is 23.1 Å². The van der Waals surface area contributed by atoms with Gasteiger partial charge in [0, 0.05) is 11.5 Å². The molecule has 0 radical (unpaired) electrons. The summed E-state index contributed by atoms with van der Waals surface area (Å²) in [7, 11) is -3.83. The van der Waals surface area contributed by atoms with Gasteiger partial charge in [-0.05, 0) is 16.0 Å². The minimum atomic E-state index is -3.83. The topological polar surface area (TPSA) is 187 Å². The molecule has 1 aromatic rings. The van der Waals surface area contributed by atoms with E-state index in [-0.39, 0.29) is 22.0 Å². The Morgan fingerprint density at radius 1 is 1.48 bits per heavy atom. The molecule has 25 heavy (non-hydrogen) atoms. The zero-order chi connectivity index (χ0) is 18.4. The zero-order valence-corrected chi connectivity index (χ0v) is 14.9. The van der Waals surface area contributed by atoms with Gasteiger partial charge in [-0.1, -0.05) is 11.8 Å². The first-order valence-electron chi connectivity index (χ1n) is 6.74. The second-order valence-electron chi connectivity index (χ2n) is 5.23. The van der Waals surface area contributed by atoms with Gasteiger partial charge in [0.1, 0.15) is 17.1 Å². The normalized spacial score (nSPS) is 23.4. The number of aliphatic carboxylic acids is 1. The Kier molecular flexibility index (Phi) is 4.76. The third kappa shape index (κ3) is 3.50. The van der Waals surface area contributed by atoms with Crippen LogP contribution in [-0.4, -0.2) is 73.4 Å². The number of hydrogen-bond donors (Lipinski definition) is 3. The number of rotatable bonds is 6. The van der Waals surface area contributed by atoms with E-state index in [1.54, 1.807) is 0 Å². The first kappa shape index (κ1) is 18.1. The number of tetrazole rings is 1. The van der Waals surface area contributed by atoms with Gasteiger partial charge in [-0.3, -0.25) is 9.69 Å². The van der Waals surface area contributed by atoms with Crippen LogP contribution in [0.4, 0.5) is 0 Å². The Morgan fingerprint density at radius 3 is 2.84 bits per heavy atom. The van der Waals surface area contributed by atoms with Crippen LogP contribution in [0.1, 0.15) is 0 Å². The third-order valence-electron chi connectivity index (χ3n) is 3.47. The van der Waals surface area contributed by atoms with Crippen molar-refractivity contribution in [2.45, 2.75) is 22.4 Å². The number of hydrogen-bond acceptors (Lipinski definition) is 10. The van der Waals surface area contributed by atoms with Gasteiger partial charge in [-0.15, -0.1) is 16.9 Å². The first-order valence-corrected chi connectivity index (χ1v) is 10.5. The second-order valence-corrected chi connectivity index (χ2v) is 8.87. The molecule has 0 aromatic carbocycles. The quantitative estimate of drug-likeness (QED) is 0.336. The molecule has 3 heterocycles. The molecule has 5 N–H and O–H groups in total. The Labute approximate surface area is 150 Å². The monoisotopic (exact) mass is 407 g/mol. The average Bonchev–Trinajstić information content (AvgIpc) is 2.96. The summed E-state index contributed by atoms with van der Waals surface area (Å²) in [5.41, 5.74) is 6.10. The number of fused-ring (bicyclic) bond motifs is 1. The summed E-state index contributed by atoms with van der Waals surface area (Å²) in [6.45, 7) is 0. The number of primary sulfonamides is 1. The number of carbonyl (C=O) groups is 2. The molecule has 15 heteroatoms. The van der Waals surface area contributed by atoms with Crippen LogP contribution >= 0.6 is 23.5 Å². The molecule has 3 rings (SSSR count). The summed E-state index contributed by atoms with van der Waals surface area (Å²) < 4.78 is 23.3. The molecule has 1 saturated heterocycles. The van der Waals surface area contributed by atoms with Gasteiger partial charge in [-0.2, -0.15) is 0 Å². The lowest BCUT2D eigenvalue weighted by atomic mass is 10.0. The number of carboxylic acid groups (broad SMARTS) is 1. The molecule has 0 spiro atoms. The number of nitrogens with zero attached hydrogens (tertiary/aromatic N) is 5. The van der Waals surface area contributed by atoms with Gasteiger partial charge in [0.05, 0.1) is 0 Å². The first-order chi connectivity index (χ1) is 11.7. The van der Waals surface area contributed by atoms with Crippen LogP contribution in [0.2, 0.25) is 0 Å². The van der Waals surface area contributed by atoms with E-state index in [1.165, 1.54) is 16.7 Å². The van der Waals surface area contributed by atoms with Crippen molar-refractivity contribution in [2.75, 3.05) is 11.5 Å². The zero-order valence-electron chi connectivity index (χ0n) is 12.5. The summed E-state index contributed by atoms with van der Waals surface area (Å²) in [6.07, 6.45) is 0. The molecule has 0 aliphatic carbocycles. The van der Waals surface area contributed by atoms with Crippen LogP contribution in [0.25, 0.3) is 0 Å². The lowest BCUT2D eigenvalue weighted by Gasteiger charge is -2.48. The van der Waals surface area contributed by atoms with Crippen LogP contribution in [0.3, 0.4) is 0 Å². The number of carboxylic acids is 1. The van der Waals surface area contributed by atoms with E-state index in [9.17, 15) is 23.1 Å². The Bertz CT molecular complexity index is 866. The fourth-order valence-electron chi connectivity index (χ4n) is 2.39. The highest BCUT2D eigenvalue weighted by Gasteiger charge is 2.51. The molecular weight excluding hydrogens is 394 g/mol. The minimum Gasteiger partial charge on any atom is -0.477 e. The molecule has 0 saturated carbocycles. The van der Waals surface area contributed by atoms with Crippen LogP contribution in [-0.2, 0) is 25.5 Å². The standard InChI is InChI=1S/C10H13N7O5S3/c11-5-7(18)17-6(9(19)20)4(1-23-8(5)17)2-24-10-13-14-15-16(10)3-25(12,21)22/h5,8H,1-3,11H2,(H,19,20)(H2,12,21,22). The van der Waals surface area contributed by atoms with Crippen molar-refractivity contribution in [1.82, 2.24) is 25.1 Å². The highest BCUT2D eigenvalue weighted by atomic mass is 32.2. The van der Waals surface area contributed by atoms with Gasteiger partial charge >= 0.3 is 5.97 Å². The lowest BCUT2D eigenvalue weighted by molar-refractivity contribution is -0.147. The maximum atomic E-state index is 11.9. The van der Waals surface area contributed by atoms with Gasteiger partial charge in [-0.25, -0.2) is 23.0 Å². The van der Waals surface area contributed by atoms with Crippen molar-refractivity contribution in [3.8, 4) is 0 Å². The average molecular weight is 407 g/mol. The summed E-state index contributed by atoms with van der Waals surface area (Å²) in [5, 5.41) is 24.8. The minimum absolute atomic E-state index is 0.0894. The second kappa shape index (κ2) is 6.56. The lowest BCUT2D eigenvalue weighted by Crippen LogP contribution is -2.68. The molecule has 0 bridgehead atoms. The summed E-state index contributed by atoms with van der Waals surface area (Å²) in [5.74, 6) is -1.69. The highest BCUT2D eigenvalue weighted by Crippen LogP contribution is 2.40. The SMILES string of the molecule is NC1C(=O)N2C(C(=O)O)=C(CSc3nnnn3CS(N)(=O)=O)CSC12. The Hall–Kier alpha value is -1.68. The van der Waals surface area contributed by atoms with Gasteiger partial charge in [0.25, 0.3) is 0 Å². The predicted octanol–water partition coefficient (Wildman–Crippen LogP) is -2.41. The molecule has 1 amide bonds. The summed E-state index contributed by atoms with van der Waals surface area (Å²) in [6, 6.07) is -0.699. The predicted molar refractivity (Wildman–Crippen MR) is 87.4 cm³/mol. The van der Waals surface area contributed by atoms with Crippen molar-refractivity contribution in [3.05, 3.63) is 11.3 Å². The van der Waals surface area contributed by atoms with E-state index in [2.05, 4.69) is 15.5 Å². The summed E-state index contributed by atoms with van der Waals surface area (Å²) in [4.78, 5) is 24.6.